The van der Waals surface area contributed by atoms with Crippen molar-refractivity contribution >= 4 is 27.4 Å². The summed E-state index contributed by atoms with van der Waals surface area (Å²) in [6.45, 7) is 2.78. The Balaban J connectivity index is 1.87. The van der Waals surface area contributed by atoms with Gasteiger partial charge in [0.15, 0.2) is 5.78 Å². The second-order valence-electron chi connectivity index (χ2n) is 6.17. The molecular weight excluding hydrogens is 314 g/mol. The summed E-state index contributed by atoms with van der Waals surface area (Å²) >= 11 is 3.55. The van der Waals surface area contributed by atoms with E-state index in [1.807, 2.05) is 6.07 Å². The van der Waals surface area contributed by atoms with Crippen molar-refractivity contribution in [1.29, 1.82) is 0 Å². The van der Waals surface area contributed by atoms with Crippen LogP contribution in [0.1, 0.15) is 55.8 Å². The molecule has 0 spiro atoms. The number of carbonyl (C=O) groups excluding carboxylic acids is 1. The fourth-order valence-electron chi connectivity index (χ4n) is 3.91. The van der Waals surface area contributed by atoms with Gasteiger partial charge in [0.1, 0.15) is 0 Å². The number of hydrogen-bond acceptors (Lipinski definition) is 2. The summed E-state index contributed by atoms with van der Waals surface area (Å²) < 4.78 is 0.931. The van der Waals surface area contributed by atoms with Gasteiger partial charge in [0.25, 0.3) is 0 Å². The number of Topliss-reactive ketones (excluding diaryl/α,β-unsaturated/α-hetero) is 1. The Bertz CT molecular complexity index is 512. The number of halogens is 1. The smallest absolute Gasteiger partial charge is 0.160 e. The zero-order chi connectivity index (χ0) is 14.1. The van der Waals surface area contributed by atoms with Crippen molar-refractivity contribution in [3.63, 3.8) is 0 Å². The minimum Gasteiger partial charge on any atom is -0.368 e. The fourth-order valence-corrected chi connectivity index (χ4v) is 4.56. The number of nitrogens with zero attached hydrogens (tertiary/aromatic N) is 1. The van der Waals surface area contributed by atoms with Crippen LogP contribution in [-0.4, -0.2) is 18.4 Å². The van der Waals surface area contributed by atoms with Crippen molar-refractivity contribution in [2.24, 2.45) is 5.92 Å². The average Bonchev–Trinajstić information content (AvgIpc) is 2.46. The van der Waals surface area contributed by atoms with Gasteiger partial charge >= 0.3 is 0 Å². The van der Waals surface area contributed by atoms with Gasteiger partial charge in [-0.25, -0.2) is 0 Å². The van der Waals surface area contributed by atoms with Crippen LogP contribution in [-0.2, 0) is 0 Å². The van der Waals surface area contributed by atoms with E-state index in [0.29, 0.717) is 6.04 Å². The van der Waals surface area contributed by atoms with Gasteiger partial charge in [-0.2, -0.15) is 0 Å². The molecule has 2 aliphatic rings. The standard InChI is InChI=1S/C17H22BrNO/c1-12(20)15-9-8-14(11-16(15)18)19-10-4-6-13-5-2-3-7-17(13)19/h8-9,11,13,17H,2-7,10H2,1H3/t13-,17-/m1/s1. The highest BCUT2D eigenvalue weighted by Gasteiger charge is 2.33. The van der Waals surface area contributed by atoms with Crippen LogP contribution in [0.5, 0.6) is 0 Å². The monoisotopic (exact) mass is 335 g/mol. The Morgan fingerprint density at radius 1 is 1.20 bits per heavy atom. The molecule has 0 N–H and O–H groups in total. The van der Waals surface area contributed by atoms with Crippen molar-refractivity contribution in [3.05, 3.63) is 28.2 Å². The molecule has 1 aliphatic carbocycles. The highest BCUT2D eigenvalue weighted by Crippen LogP contribution is 2.38. The second kappa shape index (κ2) is 5.88. The Labute approximate surface area is 129 Å². The molecule has 0 radical (unpaired) electrons. The molecule has 0 bridgehead atoms. The van der Waals surface area contributed by atoms with E-state index < -0.39 is 0 Å². The Kier molecular flexibility index (Phi) is 4.16. The number of piperidine rings is 1. The van der Waals surface area contributed by atoms with Crippen LogP contribution in [0.4, 0.5) is 5.69 Å². The van der Waals surface area contributed by atoms with Crippen LogP contribution in [0.3, 0.4) is 0 Å². The van der Waals surface area contributed by atoms with E-state index in [1.54, 1.807) is 6.92 Å². The van der Waals surface area contributed by atoms with Crippen LogP contribution in [0.25, 0.3) is 0 Å². The maximum absolute atomic E-state index is 11.5. The Hall–Kier alpha value is -0.830. The summed E-state index contributed by atoms with van der Waals surface area (Å²) in [5.74, 6) is 1.00. The van der Waals surface area contributed by atoms with E-state index in [4.69, 9.17) is 0 Å². The first-order chi connectivity index (χ1) is 9.66. The Morgan fingerprint density at radius 2 is 1.95 bits per heavy atom. The van der Waals surface area contributed by atoms with Crippen molar-refractivity contribution < 1.29 is 4.79 Å². The molecule has 2 atom stereocenters. The van der Waals surface area contributed by atoms with Gasteiger partial charge in [-0.05, 0) is 72.7 Å². The molecule has 1 saturated carbocycles. The maximum Gasteiger partial charge on any atom is 0.160 e. The number of carbonyl (C=O) groups is 1. The summed E-state index contributed by atoms with van der Waals surface area (Å²) in [7, 11) is 0. The molecule has 3 rings (SSSR count). The summed E-state index contributed by atoms with van der Waals surface area (Å²) in [6, 6.07) is 6.94. The lowest BCUT2D eigenvalue weighted by Gasteiger charge is -2.45. The highest BCUT2D eigenvalue weighted by molar-refractivity contribution is 9.10. The normalized spacial score (nSPS) is 26.2. The first kappa shape index (κ1) is 14.1. The zero-order valence-electron chi connectivity index (χ0n) is 12.1. The molecule has 1 aromatic carbocycles. The van der Waals surface area contributed by atoms with Crippen LogP contribution < -0.4 is 4.90 Å². The first-order valence-electron chi connectivity index (χ1n) is 7.74. The molecule has 0 amide bonds. The third-order valence-electron chi connectivity index (χ3n) is 4.91. The second-order valence-corrected chi connectivity index (χ2v) is 7.02. The molecule has 20 heavy (non-hydrogen) atoms. The van der Waals surface area contributed by atoms with Gasteiger partial charge < -0.3 is 4.90 Å². The van der Waals surface area contributed by atoms with Crippen LogP contribution in [0.15, 0.2) is 22.7 Å². The predicted molar refractivity (Wildman–Crippen MR) is 86.5 cm³/mol. The van der Waals surface area contributed by atoms with Crippen molar-refractivity contribution in [2.45, 2.75) is 51.5 Å². The number of hydrogen-bond donors (Lipinski definition) is 0. The lowest BCUT2D eigenvalue weighted by Crippen LogP contribution is -2.46. The molecule has 1 aliphatic heterocycles. The summed E-state index contributed by atoms with van der Waals surface area (Å²) in [5, 5.41) is 0. The van der Waals surface area contributed by atoms with E-state index in [9.17, 15) is 4.79 Å². The summed E-state index contributed by atoms with van der Waals surface area (Å²) in [4.78, 5) is 14.1. The number of anilines is 1. The predicted octanol–water partition coefficient (Wildman–Crippen LogP) is 4.81. The van der Waals surface area contributed by atoms with Gasteiger partial charge in [0.2, 0.25) is 0 Å². The number of rotatable bonds is 2. The van der Waals surface area contributed by atoms with E-state index in [2.05, 4.69) is 33.0 Å². The topological polar surface area (TPSA) is 20.3 Å². The summed E-state index contributed by atoms with van der Waals surface area (Å²) in [5.41, 5.74) is 2.06. The van der Waals surface area contributed by atoms with Crippen molar-refractivity contribution in [3.8, 4) is 0 Å². The van der Waals surface area contributed by atoms with Gasteiger partial charge in [0, 0.05) is 28.3 Å². The average molecular weight is 336 g/mol. The van der Waals surface area contributed by atoms with Crippen molar-refractivity contribution in [2.75, 3.05) is 11.4 Å². The van der Waals surface area contributed by atoms with Gasteiger partial charge in [-0.3, -0.25) is 4.79 Å². The molecular formula is C17H22BrNO. The highest BCUT2D eigenvalue weighted by atomic mass is 79.9. The third-order valence-corrected chi connectivity index (χ3v) is 5.56. The van der Waals surface area contributed by atoms with Crippen LogP contribution in [0.2, 0.25) is 0 Å². The molecule has 1 aromatic rings. The molecule has 108 valence electrons. The Morgan fingerprint density at radius 3 is 2.70 bits per heavy atom. The van der Waals surface area contributed by atoms with E-state index >= 15 is 0 Å². The lowest BCUT2D eigenvalue weighted by molar-refractivity contribution is 0.101. The maximum atomic E-state index is 11.5. The minimum atomic E-state index is 0.123. The molecule has 3 heteroatoms. The van der Waals surface area contributed by atoms with Gasteiger partial charge in [-0.15, -0.1) is 0 Å². The quantitative estimate of drug-likeness (QED) is 0.722. The molecule has 1 saturated heterocycles. The van der Waals surface area contributed by atoms with Crippen LogP contribution >= 0.6 is 15.9 Å². The first-order valence-corrected chi connectivity index (χ1v) is 8.53. The lowest BCUT2D eigenvalue weighted by atomic mass is 9.78. The van der Waals surface area contributed by atoms with Gasteiger partial charge in [0.05, 0.1) is 0 Å². The molecule has 0 unspecified atom stereocenters. The SMILES string of the molecule is CC(=O)c1ccc(N2CCC[C@H]3CCCC[C@H]32)cc1Br. The van der Waals surface area contributed by atoms with E-state index in [1.165, 1.54) is 44.2 Å². The zero-order valence-corrected chi connectivity index (χ0v) is 13.7. The number of fused-ring (bicyclic) bond motifs is 1. The number of ketones is 1. The molecule has 0 aromatic heterocycles. The molecule has 2 nitrogen and oxygen atoms in total. The summed E-state index contributed by atoms with van der Waals surface area (Å²) in [6.07, 6.45) is 8.19. The molecule has 2 fully saturated rings. The van der Waals surface area contributed by atoms with Crippen molar-refractivity contribution in [1.82, 2.24) is 0 Å². The van der Waals surface area contributed by atoms with Crippen LogP contribution in [0, 0.1) is 5.92 Å². The largest absolute Gasteiger partial charge is 0.368 e. The van der Waals surface area contributed by atoms with E-state index in [0.717, 1.165) is 22.5 Å². The minimum absolute atomic E-state index is 0.123. The van der Waals surface area contributed by atoms with E-state index in [-0.39, 0.29) is 5.78 Å². The molecule has 1 heterocycles. The van der Waals surface area contributed by atoms with Gasteiger partial charge in [-0.1, -0.05) is 12.8 Å². The third kappa shape index (κ3) is 2.65. The fraction of sp³-hybridized carbons (Fsp3) is 0.588. The number of benzene rings is 1.